The van der Waals surface area contributed by atoms with Crippen LogP contribution < -0.4 is 5.73 Å². The molecule has 0 aromatic heterocycles. The molecule has 2 N–H and O–H groups in total. The zero-order valence-electron chi connectivity index (χ0n) is 19.6. The highest BCUT2D eigenvalue weighted by Crippen LogP contribution is 2.27. The van der Waals surface area contributed by atoms with Crippen LogP contribution in [0.1, 0.15) is 19.4 Å². The molecule has 2 aliphatic heterocycles. The smallest absolute Gasteiger partial charge is 0.331 e. The monoisotopic (exact) mass is 455 g/mol. The first-order valence-electron chi connectivity index (χ1n) is 10.7. The number of hydrogen-bond donors (Lipinski definition) is 1. The molecule has 2 heterocycles. The van der Waals surface area contributed by atoms with Crippen LogP contribution in [0.25, 0.3) is 0 Å². The third-order valence-corrected chi connectivity index (χ3v) is 5.17. The lowest BCUT2D eigenvalue weighted by Gasteiger charge is -2.54. The van der Waals surface area contributed by atoms with E-state index in [9.17, 15) is 14.4 Å². The van der Waals surface area contributed by atoms with Crippen molar-refractivity contribution in [1.29, 1.82) is 0 Å². The van der Waals surface area contributed by atoms with Crippen LogP contribution in [-0.2, 0) is 20.7 Å². The van der Waals surface area contributed by atoms with Crippen molar-refractivity contribution in [3.63, 3.8) is 0 Å². The van der Waals surface area contributed by atoms with Crippen molar-refractivity contribution in [2.45, 2.75) is 32.5 Å². The van der Waals surface area contributed by atoms with Gasteiger partial charge in [-0.15, -0.1) is 13.0 Å². The topological polar surface area (TPSA) is 99.4 Å². The van der Waals surface area contributed by atoms with Crippen molar-refractivity contribution >= 4 is 17.8 Å². The van der Waals surface area contributed by atoms with Gasteiger partial charge in [0.15, 0.2) is 0 Å². The number of methoxy groups -OCH3 is 1. The largest absolute Gasteiger partial charge is 0.383 e. The molecule has 4 amide bonds. The fourth-order valence-corrected chi connectivity index (χ4v) is 3.90. The third-order valence-electron chi connectivity index (χ3n) is 5.17. The lowest BCUT2D eigenvalue weighted by Crippen LogP contribution is -2.76. The molecule has 178 valence electrons. The molecule has 0 bridgehead atoms. The molecule has 3 rings (SSSR count). The Morgan fingerprint density at radius 3 is 2.45 bits per heavy atom. The predicted molar refractivity (Wildman–Crippen MR) is 125 cm³/mol. The number of primary amides is 1. The number of terminal acetylenes is 1. The van der Waals surface area contributed by atoms with E-state index in [2.05, 4.69) is 12.5 Å². The van der Waals surface area contributed by atoms with Gasteiger partial charge in [0.25, 0.3) is 0 Å². The number of hydrazine groups is 1. The van der Waals surface area contributed by atoms with E-state index in [1.165, 1.54) is 20.5 Å². The fourth-order valence-electron chi connectivity index (χ4n) is 3.90. The summed E-state index contributed by atoms with van der Waals surface area (Å²) in [5, 5.41) is 2.75. The van der Waals surface area contributed by atoms with Crippen LogP contribution in [0.4, 0.5) is 4.79 Å². The zero-order chi connectivity index (χ0) is 24.5. The van der Waals surface area contributed by atoms with E-state index in [1.54, 1.807) is 12.0 Å². The van der Waals surface area contributed by atoms with Crippen molar-refractivity contribution < 1.29 is 19.1 Å². The number of hydrogen-bond acceptors (Lipinski definition) is 5. The van der Waals surface area contributed by atoms with Crippen LogP contribution in [0.3, 0.4) is 0 Å². The number of urea groups is 1. The highest BCUT2D eigenvalue weighted by atomic mass is 16.5. The van der Waals surface area contributed by atoms with Gasteiger partial charge in [0, 0.05) is 20.1 Å². The number of carbonyl (C=O) groups excluding carboxylic acids is 3. The number of rotatable bonds is 6. The predicted octanol–water partition coefficient (Wildman–Crippen LogP) is 1.07. The summed E-state index contributed by atoms with van der Waals surface area (Å²) in [6.45, 7) is 8.29. The van der Waals surface area contributed by atoms with Crippen molar-refractivity contribution in [2.75, 3.05) is 39.9 Å². The molecule has 1 aromatic rings. The van der Waals surface area contributed by atoms with E-state index in [4.69, 9.17) is 16.9 Å². The van der Waals surface area contributed by atoms with Gasteiger partial charge in [-0.2, -0.15) is 5.01 Å². The minimum absolute atomic E-state index is 0.0639. The van der Waals surface area contributed by atoms with Crippen LogP contribution in [0.15, 0.2) is 42.5 Å². The number of carbonyl (C=O) groups is 3. The lowest BCUT2D eigenvalue weighted by molar-refractivity contribution is -0.188. The third kappa shape index (κ3) is 6.57. The Hall–Kier alpha value is -3.35. The molecule has 1 unspecified atom stereocenters. The van der Waals surface area contributed by atoms with Crippen molar-refractivity contribution in [2.24, 2.45) is 5.73 Å². The first-order valence-corrected chi connectivity index (χ1v) is 10.7. The Morgan fingerprint density at radius 1 is 1.27 bits per heavy atom. The van der Waals surface area contributed by atoms with Crippen LogP contribution >= 0.6 is 0 Å². The van der Waals surface area contributed by atoms with Gasteiger partial charge in [0.05, 0.1) is 26.2 Å². The molecule has 0 saturated carbocycles. The number of nitrogens with two attached hydrogens (primary N) is 1. The fraction of sp³-hybridized carbons (Fsp3) is 0.458. The standard InChI is InChI=1S/C20H25N5O4.C4H8/c1-3-9-23-14-18(26)24-16(12-15-7-5-4-6-8-15)19(27)22(10-11-29-2)13-17(24)25(23)20(21)28;1-4(2)3/h1,4-8,16-17H,9-14H2,2H3,(H2,21,28);1H2,2-3H3/t16-,17?;/m0./s1. The number of piperazine rings is 1. The van der Waals surface area contributed by atoms with Gasteiger partial charge in [0.2, 0.25) is 11.8 Å². The van der Waals surface area contributed by atoms with Gasteiger partial charge in [-0.1, -0.05) is 41.8 Å². The summed E-state index contributed by atoms with van der Waals surface area (Å²) >= 11 is 0. The van der Waals surface area contributed by atoms with E-state index in [0.717, 1.165) is 5.56 Å². The maximum Gasteiger partial charge on any atom is 0.331 e. The Morgan fingerprint density at radius 2 is 1.91 bits per heavy atom. The molecule has 0 radical (unpaired) electrons. The molecule has 9 nitrogen and oxygen atoms in total. The number of nitrogens with zero attached hydrogens (tertiary/aromatic N) is 4. The number of ether oxygens (including phenoxy) is 1. The number of fused-ring (bicyclic) bond motifs is 1. The second kappa shape index (κ2) is 12.0. The van der Waals surface area contributed by atoms with Crippen molar-refractivity contribution in [1.82, 2.24) is 19.8 Å². The summed E-state index contributed by atoms with van der Waals surface area (Å²) in [5.41, 5.74) is 7.71. The van der Waals surface area contributed by atoms with Crippen LogP contribution in [0.2, 0.25) is 0 Å². The summed E-state index contributed by atoms with van der Waals surface area (Å²) in [7, 11) is 1.55. The first kappa shape index (κ1) is 25.9. The normalized spacial score (nSPS) is 20.5. The van der Waals surface area contributed by atoms with E-state index in [1.807, 2.05) is 44.2 Å². The van der Waals surface area contributed by atoms with E-state index in [-0.39, 0.29) is 31.4 Å². The average molecular weight is 456 g/mol. The van der Waals surface area contributed by atoms with Gasteiger partial charge in [-0.05, 0) is 19.4 Å². The SMILES string of the molecule is C#CCN1CC(=O)N2C(CN(CCOC)C(=O)[C@@H]2Cc2ccccc2)N1C(N)=O.C=C(C)C. The average Bonchev–Trinajstić information content (AvgIpc) is 2.74. The molecular formula is C24H33N5O4. The van der Waals surface area contributed by atoms with Gasteiger partial charge in [-0.25, -0.2) is 9.80 Å². The quantitative estimate of drug-likeness (QED) is 0.511. The first-order chi connectivity index (χ1) is 15.7. The lowest BCUT2D eigenvalue weighted by atomic mass is 9.99. The highest BCUT2D eigenvalue weighted by Gasteiger charge is 2.50. The molecule has 2 atom stereocenters. The van der Waals surface area contributed by atoms with Gasteiger partial charge in [-0.3, -0.25) is 9.59 Å². The Balaban J connectivity index is 0.000000890. The van der Waals surface area contributed by atoms with Gasteiger partial charge < -0.3 is 20.3 Å². The van der Waals surface area contributed by atoms with E-state index >= 15 is 0 Å². The second-order valence-electron chi connectivity index (χ2n) is 8.18. The molecule has 2 fully saturated rings. The zero-order valence-corrected chi connectivity index (χ0v) is 19.6. The van der Waals surface area contributed by atoms with Crippen LogP contribution in [0.5, 0.6) is 0 Å². The molecule has 0 spiro atoms. The summed E-state index contributed by atoms with van der Waals surface area (Å²) in [6.07, 6.45) is 5.03. The molecule has 2 aliphatic rings. The highest BCUT2D eigenvalue weighted by molar-refractivity contribution is 5.91. The van der Waals surface area contributed by atoms with Crippen LogP contribution in [0, 0.1) is 12.3 Å². The minimum Gasteiger partial charge on any atom is -0.383 e. The molecule has 0 aliphatic carbocycles. The van der Waals surface area contributed by atoms with Gasteiger partial charge >= 0.3 is 6.03 Å². The van der Waals surface area contributed by atoms with Gasteiger partial charge in [0.1, 0.15) is 12.2 Å². The number of benzene rings is 1. The molecule has 1 aromatic carbocycles. The molecule has 33 heavy (non-hydrogen) atoms. The Labute approximate surface area is 195 Å². The second-order valence-corrected chi connectivity index (χ2v) is 8.18. The van der Waals surface area contributed by atoms with E-state index in [0.29, 0.717) is 19.6 Å². The molecule has 2 saturated heterocycles. The van der Waals surface area contributed by atoms with Crippen molar-refractivity contribution in [3.05, 3.63) is 48.0 Å². The minimum atomic E-state index is -0.740. The molecular weight excluding hydrogens is 422 g/mol. The number of amides is 4. The Kier molecular flexibility index (Phi) is 9.45. The van der Waals surface area contributed by atoms with Crippen LogP contribution in [-0.4, -0.2) is 89.8 Å². The summed E-state index contributed by atoms with van der Waals surface area (Å²) in [4.78, 5) is 41.5. The van der Waals surface area contributed by atoms with Crippen molar-refractivity contribution in [3.8, 4) is 12.3 Å². The summed E-state index contributed by atoms with van der Waals surface area (Å²) in [5.74, 6) is 2.01. The summed E-state index contributed by atoms with van der Waals surface area (Å²) in [6, 6.07) is 8.00. The maximum atomic E-state index is 13.2. The Bertz CT molecular complexity index is 894. The van der Waals surface area contributed by atoms with E-state index < -0.39 is 18.2 Å². The maximum absolute atomic E-state index is 13.2. The summed E-state index contributed by atoms with van der Waals surface area (Å²) < 4.78 is 5.12. The molecule has 9 heteroatoms. The number of allylic oxidation sites excluding steroid dienone is 1.